The molecule has 88 valence electrons. The maximum absolute atomic E-state index is 11.2. The van der Waals surface area contributed by atoms with Gasteiger partial charge in [-0.25, -0.2) is 0 Å². The molecule has 0 saturated carbocycles. The van der Waals surface area contributed by atoms with Crippen molar-refractivity contribution in [2.24, 2.45) is 4.99 Å². The molecule has 0 fully saturated rings. The van der Waals surface area contributed by atoms with E-state index in [1.165, 1.54) is 6.07 Å². The standard InChI is InChI=1S/C12H19N3O/c1-5-15(10(4)13-9(2)3)11-7-6-8-12(16)14-11/h6-9H,5H2,1-4H3,(H,14,16). The molecule has 16 heavy (non-hydrogen) atoms. The molecule has 0 spiro atoms. The Kier molecular flexibility index (Phi) is 4.28. The van der Waals surface area contributed by atoms with Gasteiger partial charge in [0.25, 0.3) is 0 Å². The van der Waals surface area contributed by atoms with Crippen molar-refractivity contribution in [2.75, 3.05) is 11.4 Å². The molecule has 0 radical (unpaired) electrons. The highest BCUT2D eigenvalue weighted by atomic mass is 16.1. The number of pyridine rings is 1. The van der Waals surface area contributed by atoms with E-state index in [4.69, 9.17) is 0 Å². The summed E-state index contributed by atoms with van der Waals surface area (Å²) in [5, 5.41) is 0. The lowest BCUT2D eigenvalue weighted by atomic mass is 10.3. The monoisotopic (exact) mass is 221 g/mol. The van der Waals surface area contributed by atoms with Crippen LogP contribution in [0, 0.1) is 0 Å². The third kappa shape index (κ3) is 3.22. The summed E-state index contributed by atoms with van der Waals surface area (Å²) in [6.45, 7) is 8.83. The van der Waals surface area contributed by atoms with Gasteiger partial charge in [-0.3, -0.25) is 9.79 Å². The van der Waals surface area contributed by atoms with Gasteiger partial charge in [-0.1, -0.05) is 6.07 Å². The number of nitrogens with one attached hydrogen (secondary N) is 1. The molecule has 0 aliphatic rings. The fourth-order valence-corrected chi connectivity index (χ4v) is 1.61. The zero-order chi connectivity index (χ0) is 12.1. The van der Waals surface area contributed by atoms with Crippen LogP contribution >= 0.6 is 0 Å². The summed E-state index contributed by atoms with van der Waals surface area (Å²) < 4.78 is 0. The maximum Gasteiger partial charge on any atom is 0.249 e. The van der Waals surface area contributed by atoms with Crippen LogP contribution < -0.4 is 10.5 Å². The minimum Gasteiger partial charge on any atom is -0.317 e. The number of nitrogens with zero attached hydrogens (tertiary/aromatic N) is 2. The Hall–Kier alpha value is -1.58. The zero-order valence-corrected chi connectivity index (χ0v) is 10.3. The molecule has 1 aromatic heterocycles. The molecule has 4 nitrogen and oxygen atoms in total. The lowest BCUT2D eigenvalue weighted by molar-refractivity contribution is 0.824. The van der Waals surface area contributed by atoms with Crippen LogP contribution in [-0.2, 0) is 0 Å². The van der Waals surface area contributed by atoms with E-state index in [-0.39, 0.29) is 11.6 Å². The van der Waals surface area contributed by atoms with Crippen LogP contribution in [0.2, 0.25) is 0 Å². The molecule has 0 aliphatic heterocycles. The molecule has 0 bridgehead atoms. The lowest BCUT2D eigenvalue weighted by Gasteiger charge is -2.22. The molecule has 0 atom stereocenters. The summed E-state index contributed by atoms with van der Waals surface area (Å²) in [7, 11) is 0. The van der Waals surface area contributed by atoms with E-state index in [1.54, 1.807) is 6.07 Å². The van der Waals surface area contributed by atoms with Crippen molar-refractivity contribution in [1.29, 1.82) is 0 Å². The van der Waals surface area contributed by atoms with E-state index in [1.807, 2.05) is 38.7 Å². The molecule has 0 unspecified atom stereocenters. The van der Waals surface area contributed by atoms with Crippen molar-refractivity contribution in [2.45, 2.75) is 33.7 Å². The highest BCUT2D eigenvalue weighted by molar-refractivity contribution is 5.95. The Labute approximate surface area is 96.0 Å². The van der Waals surface area contributed by atoms with Crippen LogP contribution in [0.1, 0.15) is 27.7 Å². The number of hydrogen-bond donors (Lipinski definition) is 1. The van der Waals surface area contributed by atoms with Gasteiger partial charge in [0.05, 0.1) is 0 Å². The average Bonchev–Trinajstić information content (AvgIpc) is 2.17. The van der Waals surface area contributed by atoms with Crippen molar-refractivity contribution in [3.8, 4) is 0 Å². The average molecular weight is 221 g/mol. The van der Waals surface area contributed by atoms with Crippen LogP contribution in [0.4, 0.5) is 5.82 Å². The van der Waals surface area contributed by atoms with E-state index in [0.717, 1.165) is 18.2 Å². The van der Waals surface area contributed by atoms with Gasteiger partial charge in [-0.15, -0.1) is 0 Å². The maximum atomic E-state index is 11.2. The summed E-state index contributed by atoms with van der Waals surface area (Å²) in [5.74, 6) is 1.70. The van der Waals surface area contributed by atoms with Crippen molar-refractivity contribution >= 4 is 11.7 Å². The highest BCUT2D eigenvalue weighted by Gasteiger charge is 2.08. The second-order valence-electron chi connectivity index (χ2n) is 3.91. The van der Waals surface area contributed by atoms with Gasteiger partial charge >= 0.3 is 0 Å². The second kappa shape index (κ2) is 5.49. The summed E-state index contributed by atoms with van der Waals surface area (Å²) in [5.41, 5.74) is -0.0895. The first-order chi connectivity index (χ1) is 7.54. The van der Waals surface area contributed by atoms with E-state index >= 15 is 0 Å². The Bertz CT molecular complexity index is 420. The molecular formula is C12H19N3O. The van der Waals surface area contributed by atoms with Crippen LogP contribution in [0.3, 0.4) is 0 Å². The van der Waals surface area contributed by atoms with Gasteiger partial charge in [-0.2, -0.15) is 0 Å². The fourth-order valence-electron chi connectivity index (χ4n) is 1.61. The summed E-state index contributed by atoms with van der Waals surface area (Å²) in [6, 6.07) is 5.39. The van der Waals surface area contributed by atoms with Gasteiger partial charge in [0, 0.05) is 18.7 Å². The molecule has 0 aliphatic carbocycles. The number of H-pyrrole nitrogens is 1. The Morgan fingerprint density at radius 2 is 2.19 bits per heavy atom. The number of anilines is 1. The van der Waals surface area contributed by atoms with Crippen molar-refractivity contribution < 1.29 is 0 Å². The Morgan fingerprint density at radius 1 is 1.50 bits per heavy atom. The van der Waals surface area contributed by atoms with Crippen LogP contribution in [0.15, 0.2) is 28.0 Å². The quantitative estimate of drug-likeness (QED) is 0.627. The van der Waals surface area contributed by atoms with Gasteiger partial charge in [0.15, 0.2) is 0 Å². The molecule has 1 N–H and O–H groups in total. The van der Waals surface area contributed by atoms with Crippen molar-refractivity contribution in [3.05, 3.63) is 28.6 Å². The normalized spacial score (nSPS) is 11.9. The number of rotatable bonds is 3. The minimum absolute atomic E-state index is 0.0895. The van der Waals surface area contributed by atoms with Gasteiger partial charge in [-0.05, 0) is 33.8 Å². The molecular weight excluding hydrogens is 202 g/mol. The predicted octanol–water partition coefficient (Wildman–Crippen LogP) is 2.03. The third-order valence-electron chi connectivity index (χ3n) is 2.20. The summed E-state index contributed by atoms with van der Waals surface area (Å²) in [4.78, 5) is 20.5. The number of aromatic nitrogens is 1. The fraction of sp³-hybridized carbons (Fsp3) is 0.500. The highest BCUT2D eigenvalue weighted by Crippen LogP contribution is 2.08. The largest absolute Gasteiger partial charge is 0.317 e. The van der Waals surface area contributed by atoms with Crippen molar-refractivity contribution in [1.82, 2.24) is 4.98 Å². The summed E-state index contributed by atoms with van der Waals surface area (Å²) >= 11 is 0. The van der Waals surface area contributed by atoms with E-state index in [9.17, 15) is 4.79 Å². The summed E-state index contributed by atoms with van der Waals surface area (Å²) in [6.07, 6.45) is 0. The number of amidine groups is 1. The lowest BCUT2D eigenvalue weighted by Crippen LogP contribution is -2.31. The van der Waals surface area contributed by atoms with E-state index in [0.29, 0.717) is 0 Å². The first-order valence-corrected chi connectivity index (χ1v) is 5.56. The first kappa shape index (κ1) is 12.5. The van der Waals surface area contributed by atoms with Gasteiger partial charge in [0.2, 0.25) is 5.56 Å². The molecule has 0 amide bonds. The molecule has 0 saturated heterocycles. The van der Waals surface area contributed by atoms with E-state index in [2.05, 4.69) is 9.98 Å². The molecule has 1 aromatic rings. The topological polar surface area (TPSA) is 48.5 Å². The molecule has 0 aromatic carbocycles. The third-order valence-corrected chi connectivity index (χ3v) is 2.20. The molecule has 1 heterocycles. The first-order valence-electron chi connectivity index (χ1n) is 5.56. The second-order valence-corrected chi connectivity index (χ2v) is 3.91. The van der Waals surface area contributed by atoms with Gasteiger partial charge in [0.1, 0.15) is 11.7 Å². The number of aliphatic imine (C=N–C) groups is 1. The Balaban J connectivity index is 3.03. The molecule has 1 rings (SSSR count). The van der Waals surface area contributed by atoms with Crippen LogP contribution in [0.5, 0.6) is 0 Å². The Morgan fingerprint density at radius 3 is 2.69 bits per heavy atom. The smallest absolute Gasteiger partial charge is 0.249 e. The van der Waals surface area contributed by atoms with Gasteiger partial charge < -0.3 is 9.88 Å². The van der Waals surface area contributed by atoms with Crippen LogP contribution in [0.25, 0.3) is 0 Å². The SMILES string of the molecule is CCN(C(C)=NC(C)C)c1cccc(=O)[nH]1. The minimum atomic E-state index is -0.0895. The van der Waals surface area contributed by atoms with E-state index < -0.39 is 0 Å². The predicted molar refractivity (Wildman–Crippen MR) is 68.3 cm³/mol. The number of aromatic amines is 1. The van der Waals surface area contributed by atoms with Crippen LogP contribution in [-0.4, -0.2) is 23.4 Å². The number of hydrogen-bond acceptors (Lipinski definition) is 2. The van der Waals surface area contributed by atoms with Crippen molar-refractivity contribution in [3.63, 3.8) is 0 Å². The molecule has 4 heteroatoms. The zero-order valence-electron chi connectivity index (χ0n) is 10.3.